The molecule has 0 radical (unpaired) electrons. The fourth-order valence-electron chi connectivity index (χ4n) is 4.68. The van der Waals surface area contributed by atoms with E-state index in [9.17, 15) is 8.78 Å². The fourth-order valence-corrected chi connectivity index (χ4v) is 4.87. The smallest absolute Gasteiger partial charge is 0.137 e. The van der Waals surface area contributed by atoms with Crippen molar-refractivity contribution in [3.8, 4) is 0 Å². The highest BCUT2D eigenvalue weighted by Crippen LogP contribution is 2.31. The molecule has 0 N–H and O–H groups in total. The zero-order valence-electron chi connectivity index (χ0n) is 18.3. The van der Waals surface area contributed by atoms with Gasteiger partial charge in [0.1, 0.15) is 24.3 Å². The highest BCUT2D eigenvalue weighted by Gasteiger charge is 2.32. The molecule has 1 saturated heterocycles. The maximum absolute atomic E-state index is 14.7. The van der Waals surface area contributed by atoms with Gasteiger partial charge in [0.05, 0.1) is 6.54 Å². The number of piperidine rings is 1. The lowest BCUT2D eigenvalue weighted by Gasteiger charge is -2.42. The van der Waals surface area contributed by atoms with Gasteiger partial charge in [-0.15, -0.1) is 0 Å². The lowest BCUT2D eigenvalue weighted by molar-refractivity contribution is 0.134. The molecule has 1 fully saturated rings. The number of hydrogen-bond donors (Lipinski definition) is 0. The number of hydrogen-bond acceptors (Lipinski definition) is 4. The normalized spacial score (nSPS) is 17.3. The summed E-state index contributed by atoms with van der Waals surface area (Å²) in [5.41, 5.74) is 1.62. The summed E-state index contributed by atoms with van der Waals surface area (Å²) in [4.78, 5) is 8.70. The standard InChI is InChI=1S/C24H28ClF2N5/c1-17(23(14-32-16-28-15-29-32)22-7-6-19(26)13-24(22)27)31-10-8-20(9-11-31)30(2)21-5-3-4-18(25)12-21/h3-7,12-13,15-17,20,23H,8-11,14H2,1-2H3. The predicted octanol–water partition coefficient (Wildman–Crippen LogP) is 4.98. The molecule has 8 heteroatoms. The van der Waals surface area contributed by atoms with E-state index in [-0.39, 0.29) is 12.0 Å². The van der Waals surface area contributed by atoms with Crippen LogP contribution in [-0.2, 0) is 6.54 Å². The second-order valence-corrected chi connectivity index (χ2v) is 8.92. The van der Waals surface area contributed by atoms with E-state index in [4.69, 9.17) is 11.6 Å². The van der Waals surface area contributed by atoms with Gasteiger partial charge in [-0.25, -0.2) is 13.8 Å². The van der Waals surface area contributed by atoms with Gasteiger partial charge in [-0.05, 0) is 49.6 Å². The van der Waals surface area contributed by atoms with Gasteiger partial charge in [-0.1, -0.05) is 23.7 Å². The first-order valence-corrected chi connectivity index (χ1v) is 11.3. The summed E-state index contributed by atoms with van der Waals surface area (Å²) in [5, 5.41) is 4.94. The van der Waals surface area contributed by atoms with E-state index < -0.39 is 11.6 Å². The first kappa shape index (κ1) is 22.7. The molecule has 3 aromatic rings. The second kappa shape index (κ2) is 9.96. The van der Waals surface area contributed by atoms with Crippen LogP contribution in [0.25, 0.3) is 0 Å². The van der Waals surface area contributed by atoms with Gasteiger partial charge < -0.3 is 4.90 Å². The monoisotopic (exact) mass is 459 g/mol. The van der Waals surface area contributed by atoms with Crippen molar-refractivity contribution in [1.82, 2.24) is 19.7 Å². The molecular formula is C24H28ClF2N5. The summed E-state index contributed by atoms with van der Waals surface area (Å²) in [5.74, 6) is -1.26. The van der Waals surface area contributed by atoms with Gasteiger partial charge in [-0.2, -0.15) is 5.10 Å². The molecule has 1 aromatic heterocycles. The van der Waals surface area contributed by atoms with Crippen LogP contribution in [0.5, 0.6) is 0 Å². The molecule has 0 saturated carbocycles. The summed E-state index contributed by atoms with van der Waals surface area (Å²) in [6.45, 7) is 4.39. The van der Waals surface area contributed by atoms with Crippen LogP contribution in [0.4, 0.5) is 14.5 Å². The largest absolute Gasteiger partial charge is 0.371 e. The van der Waals surface area contributed by atoms with Gasteiger partial charge in [0, 0.05) is 54.9 Å². The van der Waals surface area contributed by atoms with E-state index in [2.05, 4.69) is 39.9 Å². The Bertz CT molecular complexity index is 1020. The van der Waals surface area contributed by atoms with Crippen LogP contribution in [0.3, 0.4) is 0 Å². The molecule has 2 unspecified atom stereocenters. The minimum atomic E-state index is -0.566. The molecule has 2 atom stereocenters. The first-order chi connectivity index (χ1) is 15.4. The summed E-state index contributed by atoms with van der Waals surface area (Å²) in [6.07, 6.45) is 5.10. The molecule has 4 rings (SSSR count). The average Bonchev–Trinajstić information content (AvgIpc) is 3.30. The highest BCUT2D eigenvalue weighted by atomic mass is 35.5. The maximum atomic E-state index is 14.7. The van der Waals surface area contributed by atoms with Crippen LogP contribution < -0.4 is 4.90 Å². The summed E-state index contributed by atoms with van der Waals surface area (Å²) in [7, 11) is 2.11. The molecule has 2 aromatic carbocycles. The molecule has 0 amide bonds. The second-order valence-electron chi connectivity index (χ2n) is 8.49. The molecule has 170 valence electrons. The van der Waals surface area contributed by atoms with E-state index in [0.29, 0.717) is 18.2 Å². The van der Waals surface area contributed by atoms with Crippen molar-refractivity contribution in [1.29, 1.82) is 0 Å². The molecule has 0 spiro atoms. The van der Waals surface area contributed by atoms with Crippen LogP contribution >= 0.6 is 11.6 Å². The zero-order valence-corrected chi connectivity index (χ0v) is 19.1. The van der Waals surface area contributed by atoms with Crippen LogP contribution in [-0.4, -0.2) is 51.9 Å². The topological polar surface area (TPSA) is 37.2 Å². The van der Waals surface area contributed by atoms with Gasteiger partial charge in [-0.3, -0.25) is 9.58 Å². The number of halogens is 3. The van der Waals surface area contributed by atoms with E-state index in [1.807, 2.05) is 18.2 Å². The Morgan fingerprint density at radius 2 is 1.94 bits per heavy atom. The molecule has 2 heterocycles. The number of rotatable bonds is 7. The molecule has 1 aliphatic heterocycles. The van der Waals surface area contributed by atoms with Crippen molar-refractivity contribution in [2.75, 3.05) is 25.0 Å². The predicted molar refractivity (Wildman–Crippen MR) is 123 cm³/mol. The van der Waals surface area contributed by atoms with Crippen LogP contribution in [0.1, 0.15) is 31.2 Å². The Balaban J connectivity index is 1.47. The number of likely N-dealkylation sites (tertiary alicyclic amines) is 1. The minimum Gasteiger partial charge on any atom is -0.371 e. The summed E-state index contributed by atoms with van der Waals surface area (Å²) < 4.78 is 30.0. The van der Waals surface area contributed by atoms with Gasteiger partial charge in [0.25, 0.3) is 0 Å². The van der Waals surface area contributed by atoms with Crippen molar-refractivity contribution >= 4 is 17.3 Å². The average molecular weight is 460 g/mol. The van der Waals surface area contributed by atoms with Crippen molar-refractivity contribution in [3.63, 3.8) is 0 Å². The Kier molecular flexibility index (Phi) is 7.06. The zero-order chi connectivity index (χ0) is 22.7. The van der Waals surface area contributed by atoms with Crippen molar-refractivity contribution in [2.45, 2.75) is 44.3 Å². The molecule has 0 bridgehead atoms. The Morgan fingerprint density at radius 3 is 2.59 bits per heavy atom. The molecular weight excluding hydrogens is 432 g/mol. The van der Waals surface area contributed by atoms with E-state index in [0.717, 1.165) is 42.7 Å². The minimum absolute atomic E-state index is 0.0524. The highest BCUT2D eigenvalue weighted by molar-refractivity contribution is 6.30. The SMILES string of the molecule is CC(C(Cn1cncn1)c1ccc(F)cc1F)N1CCC(N(C)c2cccc(Cl)c2)CC1. The van der Waals surface area contributed by atoms with Crippen molar-refractivity contribution < 1.29 is 8.78 Å². The van der Waals surface area contributed by atoms with E-state index in [1.54, 1.807) is 17.1 Å². The third kappa shape index (κ3) is 5.10. The van der Waals surface area contributed by atoms with Crippen LogP contribution in [0, 0.1) is 11.6 Å². The van der Waals surface area contributed by atoms with E-state index in [1.165, 1.54) is 12.4 Å². The maximum Gasteiger partial charge on any atom is 0.137 e. The first-order valence-electron chi connectivity index (χ1n) is 10.9. The Labute approximate surface area is 192 Å². The number of aromatic nitrogens is 3. The molecule has 0 aliphatic carbocycles. The number of nitrogens with zero attached hydrogens (tertiary/aromatic N) is 5. The lowest BCUT2D eigenvalue weighted by atomic mass is 9.89. The molecule has 1 aliphatic rings. The van der Waals surface area contributed by atoms with Gasteiger partial charge in [0.2, 0.25) is 0 Å². The fraction of sp³-hybridized carbons (Fsp3) is 0.417. The van der Waals surface area contributed by atoms with E-state index >= 15 is 0 Å². The van der Waals surface area contributed by atoms with Gasteiger partial charge in [0.15, 0.2) is 0 Å². The number of anilines is 1. The Hall–Kier alpha value is -2.51. The van der Waals surface area contributed by atoms with Crippen LogP contribution in [0.15, 0.2) is 55.1 Å². The summed E-state index contributed by atoms with van der Waals surface area (Å²) >= 11 is 6.17. The number of benzene rings is 2. The lowest BCUT2D eigenvalue weighted by Crippen LogP contribution is -2.48. The van der Waals surface area contributed by atoms with Crippen molar-refractivity contribution in [2.24, 2.45) is 0 Å². The Morgan fingerprint density at radius 1 is 1.16 bits per heavy atom. The third-order valence-electron chi connectivity index (χ3n) is 6.63. The van der Waals surface area contributed by atoms with Gasteiger partial charge >= 0.3 is 0 Å². The third-order valence-corrected chi connectivity index (χ3v) is 6.87. The van der Waals surface area contributed by atoms with Crippen LogP contribution in [0.2, 0.25) is 5.02 Å². The van der Waals surface area contributed by atoms with Crippen molar-refractivity contribution in [3.05, 3.63) is 77.3 Å². The quantitative estimate of drug-likeness (QED) is 0.499. The summed E-state index contributed by atoms with van der Waals surface area (Å²) in [6, 6.07) is 12.2. The molecule has 5 nitrogen and oxygen atoms in total. The molecule has 32 heavy (non-hydrogen) atoms.